The molecule has 30 heavy (non-hydrogen) atoms. The van der Waals surface area contributed by atoms with Gasteiger partial charge in [0.05, 0.1) is 16.6 Å². The van der Waals surface area contributed by atoms with Gasteiger partial charge in [-0.1, -0.05) is 38.1 Å². The number of hydrogen-bond donors (Lipinski definition) is 1. The van der Waals surface area contributed by atoms with E-state index in [4.69, 9.17) is 4.98 Å². The summed E-state index contributed by atoms with van der Waals surface area (Å²) in [5.74, 6) is 1.31. The zero-order chi connectivity index (χ0) is 21.4. The molecule has 4 heteroatoms. The number of aromatic hydroxyl groups is 1. The lowest BCUT2D eigenvalue weighted by atomic mass is 9.98. The van der Waals surface area contributed by atoms with Gasteiger partial charge in [0.1, 0.15) is 11.6 Å². The summed E-state index contributed by atoms with van der Waals surface area (Å²) in [5, 5.41) is 10.8. The van der Waals surface area contributed by atoms with Crippen LogP contribution in [-0.4, -0.2) is 14.7 Å². The third-order valence-corrected chi connectivity index (χ3v) is 5.86. The number of aryl methyl sites for hydroxylation is 2. The first-order chi connectivity index (χ1) is 14.4. The van der Waals surface area contributed by atoms with Crippen molar-refractivity contribution < 1.29 is 5.11 Å². The van der Waals surface area contributed by atoms with Gasteiger partial charge in [-0.25, -0.2) is 4.98 Å². The highest BCUT2D eigenvalue weighted by Gasteiger charge is 2.16. The van der Waals surface area contributed by atoms with Gasteiger partial charge >= 0.3 is 0 Å². The normalized spacial score (nSPS) is 12.3. The lowest BCUT2D eigenvalue weighted by Gasteiger charge is -2.16. The van der Waals surface area contributed by atoms with Crippen LogP contribution >= 0.6 is 0 Å². The molecule has 1 atom stereocenters. The predicted octanol–water partition coefficient (Wildman–Crippen LogP) is 5.89. The second kappa shape index (κ2) is 7.79. The van der Waals surface area contributed by atoms with Crippen LogP contribution in [0.4, 0.5) is 0 Å². The molecule has 0 bridgehead atoms. The van der Waals surface area contributed by atoms with Gasteiger partial charge < -0.3 is 5.11 Å². The monoisotopic (exact) mass is 398 g/mol. The van der Waals surface area contributed by atoms with E-state index in [1.807, 2.05) is 62.4 Å². The number of rotatable bonds is 4. The van der Waals surface area contributed by atoms with E-state index in [0.717, 1.165) is 28.8 Å². The zero-order valence-electron chi connectivity index (χ0n) is 17.8. The fourth-order valence-corrected chi connectivity index (χ4v) is 3.84. The van der Waals surface area contributed by atoms with Crippen LogP contribution < -0.4 is 5.56 Å². The Morgan fingerprint density at radius 1 is 1.00 bits per heavy atom. The molecule has 1 N–H and O–H groups in total. The Morgan fingerprint density at radius 2 is 1.63 bits per heavy atom. The molecule has 4 rings (SSSR count). The molecular weight excluding hydrogens is 372 g/mol. The average molecular weight is 399 g/mol. The summed E-state index contributed by atoms with van der Waals surface area (Å²) >= 11 is 0. The van der Waals surface area contributed by atoms with E-state index in [1.165, 1.54) is 5.56 Å². The van der Waals surface area contributed by atoms with Crippen LogP contribution in [0.2, 0.25) is 0 Å². The van der Waals surface area contributed by atoms with Gasteiger partial charge in [-0.05, 0) is 79.3 Å². The molecule has 0 aliphatic heterocycles. The Hall–Kier alpha value is -3.40. The second-order valence-corrected chi connectivity index (χ2v) is 7.95. The Kier molecular flexibility index (Phi) is 5.17. The molecule has 1 unspecified atom stereocenters. The summed E-state index contributed by atoms with van der Waals surface area (Å²) in [7, 11) is 0. The minimum Gasteiger partial charge on any atom is -0.507 e. The van der Waals surface area contributed by atoms with E-state index in [0.29, 0.717) is 22.6 Å². The van der Waals surface area contributed by atoms with Crippen molar-refractivity contribution in [1.82, 2.24) is 9.55 Å². The summed E-state index contributed by atoms with van der Waals surface area (Å²) in [6, 6.07) is 19.3. The maximum absolute atomic E-state index is 13.5. The first-order valence-corrected chi connectivity index (χ1v) is 10.3. The highest BCUT2D eigenvalue weighted by Crippen LogP contribution is 2.30. The Morgan fingerprint density at radius 3 is 2.27 bits per heavy atom. The van der Waals surface area contributed by atoms with Crippen molar-refractivity contribution in [3.05, 3.63) is 87.7 Å². The average Bonchev–Trinajstić information content (AvgIpc) is 2.76. The molecule has 0 aliphatic carbocycles. The highest BCUT2D eigenvalue weighted by molar-refractivity contribution is 5.80. The van der Waals surface area contributed by atoms with Crippen LogP contribution in [0, 0.1) is 13.8 Å². The third-order valence-electron chi connectivity index (χ3n) is 5.86. The van der Waals surface area contributed by atoms with Gasteiger partial charge in [0.25, 0.3) is 5.56 Å². The van der Waals surface area contributed by atoms with E-state index in [9.17, 15) is 9.90 Å². The van der Waals surface area contributed by atoms with Crippen molar-refractivity contribution in [3.63, 3.8) is 0 Å². The SMILES string of the molecule is CCC(C)c1ccc(-n2c(-c3cc(C)c(O)c(C)c3)nc3ccccc3c2=O)cc1. The molecule has 0 saturated carbocycles. The summed E-state index contributed by atoms with van der Waals surface area (Å²) in [6.45, 7) is 8.09. The van der Waals surface area contributed by atoms with E-state index < -0.39 is 0 Å². The van der Waals surface area contributed by atoms with Crippen LogP contribution in [0.25, 0.3) is 28.0 Å². The largest absolute Gasteiger partial charge is 0.507 e. The molecule has 4 aromatic rings. The minimum atomic E-state index is -0.102. The van der Waals surface area contributed by atoms with Gasteiger partial charge in [-0.3, -0.25) is 9.36 Å². The summed E-state index contributed by atoms with van der Waals surface area (Å²) < 4.78 is 1.67. The summed E-state index contributed by atoms with van der Waals surface area (Å²) in [6.07, 6.45) is 1.06. The molecular formula is C26H26N2O2. The van der Waals surface area contributed by atoms with Crippen molar-refractivity contribution in [2.45, 2.75) is 40.0 Å². The Balaban J connectivity index is 2.02. The number of nitrogens with zero attached hydrogens (tertiary/aromatic N) is 2. The van der Waals surface area contributed by atoms with Crippen LogP contribution in [0.15, 0.2) is 65.5 Å². The summed E-state index contributed by atoms with van der Waals surface area (Å²) in [4.78, 5) is 18.4. The molecule has 0 fully saturated rings. The molecule has 0 spiro atoms. The molecule has 0 amide bonds. The lowest BCUT2D eigenvalue weighted by molar-refractivity contribution is 0.467. The molecule has 4 nitrogen and oxygen atoms in total. The minimum absolute atomic E-state index is 0.102. The van der Waals surface area contributed by atoms with E-state index in [1.54, 1.807) is 4.57 Å². The first kappa shape index (κ1) is 19.9. The van der Waals surface area contributed by atoms with E-state index >= 15 is 0 Å². The molecule has 1 heterocycles. The number of benzene rings is 3. The van der Waals surface area contributed by atoms with Crippen molar-refractivity contribution >= 4 is 10.9 Å². The number of phenolic OH excluding ortho intramolecular Hbond substituents is 1. The van der Waals surface area contributed by atoms with Gasteiger partial charge in [-0.2, -0.15) is 0 Å². The molecule has 0 saturated heterocycles. The smallest absolute Gasteiger partial charge is 0.266 e. The molecule has 0 radical (unpaired) electrons. The van der Waals surface area contributed by atoms with Gasteiger partial charge in [0.15, 0.2) is 0 Å². The maximum Gasteiger partial charge on any atom is 0.266 e. The Labute approximate surface area is 176 Å². The first-order valence-electron chi connectivity index (χ1n) is 10.3. The lowest BCUT2D eigenvalue weighted by Crippen LogP contribution is -2.22. The zero-order valence-corrected chi connectivity index (χ0v) is 17.8. The van der Waals surface area contributed by atoms with E-state index in [2.05, 4.69) is 26.0 Å². The standard InChI is InChI=1S/C26H26N2O2/c1-5-16(2)19-10-12-21(13-11-19)28-25(20-14-17(3)24(29)18(4)15-20)27-23-9-7-6-8-22(23)26(28)30/h6-16,29H,5H2,1-4H3. The third kappa shape index (κ3) is 3.39. The van der Waals surface area contributed by atoms with Gasteiger partial charge in [-0.15, -0.1) is 0 Å². The van der Waals surface area contributed by atoms with Crippen molar-refractivity contribution in [2.75, 3.05) is 0 Å². The quantitative estimate of drug-likeness (QED) is 0.466. The predicted molar refractivity (Wildman–Crippen MR) is 123 cm³/mol. The fourth-order valence-electron chi connectivity index (χ4n) is 3.84. The van der Waals surface area contributed by atoms with E-state index in [-0.39, 0.29) is 11.3 Å². The van der Waals surface area contributed by atoms with Gasteiger partial charge in [0.2, 0.25) is 0 Å². The molecule has 152 valence electrons. The second-order valence-electron chi connectivity index (χ2n) is 7.95. The van der Waals surface area contributed by atoms with Crippen LogP contribution in [0.1, 0.15) is 42.9 Å². The maximum atomic E-state index is 13.5. The number of aromatic nitrogens is 2. The fraction of sp³-hybridized carbons (Fsp3) is 0.231. The topological polar surface area (TPSA) is 55.1 Å². The van der Waals surface area contributed by atoms with Crippen LogP contribution in [0.3, 0.4) is 0 Å². The number of hydrogen-bond acceptors (Lipinski definition) is 3. The molecule has 1 aromatic heterocycles. The molecule has 3 aromatic carbocycles. The number of para-hydroxylation sites is 1. The van der Waals surface area contributed by atoms with Crippen LogP contribution in [0.5, 0.6) is 5.75 Å². The highest BCUT2D eigenvalue weighted by atomic mass is 16.3. The van der Waals surface area contributed by atoms with Gasteiger partial charge in [0, 0.05) is 5.56 Å². The molecule has 0 aliphatic rings. The van der Waals surface area contributed by atoms with Crippen LogP contribution in [-0.2, 0) is 0 Å². The number of fused-ring (bicyclic) bond motifs is 1. The van der Waals surface area contributed by atoms with Crippen molar-refractivity contribution in [2.24, 2.45) is 0 Å². The number of phenols is 1. The Bertz CT molecular complexity index is 1260. The van der Waals surface area contributed by atoms with Crippen molar-refractivity contribution in [3.8, 4) is 22.8 Å². The summed E-state index contributed by atoms with van der Waals surface area (Å²) in [5.41, 5.74) is 4.90. The van der Waals surface area contributed by atoms with Crippen molar-refractivity contribution in [1.29, 1.82) is 0 Å².